The predicted octanol–water partition coefficient (Wildman–Crippen LogP) is 1.64. The zero-order valence-corrected chi connectivity index (χ0v) is 9.10. The molecule has 0 radical (unpaired) electrons. The van der Waals surface area contributed by atoms with Gasteiger partial charge in [0, 0.05) is 31.1 Å². The van der Waals surface area contributed by atoms with Crippen LogP contribution in [0.25, 0.3) is 5.65 Å². The van der Waals surface area contributed by atoms with Gasteiger partial charge in [0.1, 0.15) is 5.65 Å². The van der Waals surface area contributed by atoms with Crippen molar-refractivity contribution in [2.24, 2.45) is 0 Å². The Bertz CT molecular complexity index is 500. The van der Waals surface area contributed by atoms with Gasteiger partial charge in [-0.2, -0.15) is 0 Å². The van der Waals surface area contributed by atoms with E-state index in [0.717, 1.165) is 36.5 Å². The van der Waals surface area contributed by atoms with Crippen molar-refractivity contribution in [1.82, 2.24) is 9.38 Å². The predicted molar refractivity (Wildman–Crippen MR) is 62.3 cm³/mol. The first kappa shape index (κ1) is 9.66. The van der Waals surface area contributed by atoms with Crippen LogP contribution in [0.2, 0.25) is 0 Å². The monoisotopic (exact) mass is 217 g/mol. The van der Waals surface area contributed by atoms with Crippen molar-refractivity contribution in [2.75, 3.05) is 12.3 Å². The minimum Gasteiger partial charge on any atom is -0.398 e. The third-order valence-corrected chi connectivity index (χ3v) is 2.98. The fraction of sp³-hybridized carbons (Fsp3) is 0.417. The maximum Gasteiger partial charge on any atom is 0.137 e. The minimum atomic E-state index is 0.349. The standard InChI is InChI=1S/C12H15N3O/c13-9-3-4-12-14-10(8-15(12)7-9)6-11-2-1-5-16-11/h3-4,7-8,11H,1-2,5-6,13H2. The van der Waals surface area contributed by atoms with Gasteiger partial charge < -0.3 is 14.9 Å². The van der Waals surface area contributed by atoms with E-state index in [2.05, 4.69) is 4.98 Å². The smallest absolute Gasteiger partial charge is 0.137 e. The highest BCUT2D eigenvalue weighted by atomic mass is 16.5. The van der Waals surface area contributed by atoms with Crippen LogP contribution in [0.3, 0.4) is 0 Å². The van der Waals surface area contributed by atoms with Gasteiger partial charge in [0.2, 0.25) is 0 Å². The van der Waals surface area contributed by atoms with Crippen molar-refractivity contribution in [3.63, 3.8) is 0 Å². The number of aromatic nitrogens is 2. The summed E-state index contributed by atoms with van der Waals surface area (Å²) >= 11 is 0. The summed E-state index contributed by atoms with van der Waals surface area (Å²) in [5, 5.41) is 0. The van der Waals surface area contributed by atoms with Crippen LogP contribution < -0.4 is 5.73 Å². The molecule has 0 aliphatic carbocycles. The molecular formula is C12H15N3O. The van der Waals surface area contributed by atoms with E-state index in [1.54, 1.807) is 0 Å². The first-order chi connectivity index (χ1) is 7.81. The minimum absolute atomic E-state index is 0.349. The summed E-state index contributed by atoms with van der Waals surface area (Å²) in [4.78, 5) is 4.54. The number of fused-ring (bicyclic) bond motifs is 1. The number of nitrogens with two attached hydrogens (primary N) is 1. The number of rotatable bonds is 2. The zero-order valence-electron chi connectivity index (χ0n) is 9.10. The number of pyridine rings is 1. The lowest BCUT2D eigenvalue weighted by Gasteiger charge is -2.05. The van der Waals surface area contributed by atoms with Gasteiger partial charge >= 0.3 is 0 Å². The van der Waals surface area contributed by atoms with Gasteiger partial charge in [0.25, 0.3) is 0 Å². The molecule has 4 nitrogen and oxygen atoms in total. The first-order valence-electron chi connectivity index (χ1n) is 5.66. The van der Waals surface area contributed by atoms with Crippen LogP contribution in [0.5, 0.6) is 0 Å². The van der Waals surface area contributed by atoms with Crippen molar-refractivity contribution in [1.29, 1.82) is 0 Å². The van der Waals surface area contributed by atoms with Crippen LogP contribution in [0.4, 0.5) is 5.69 Å². The van der Waals surface area contributed by atoms with E-state index < -0.39 is 0 Å². The largest absolute Gasteiger partial charge is 0.398 e. The Hall–Kier alpha value is -1.55. The number of ether oxygens (including phenoxy) is 1. The Morgan fingerprint density at radius 1 is 1.44 bits per heavy atom. The van der Waals surface area contributed by atoms with E-state index >= 15 is 0 Å². The highest BCUT2D eigenvalue weighted by Crippen LogP contribution is 2.17. The van der Waals surface area contributed by atoms with Crippen LogP contribution in [-0.2, 0) is 11.2 Å². The first-order valence-corrected chi connectivity index (χ1v) is 5.66. The molecule has 1 aliphatic heterocycles. The Labute approximate surface area is 94.0 Å². The lowest BCUT2D eigenvalue weighted by atomic mass is 10.1. The molecule has 1 saturated heterocycles. The van der Waals surface area contributed by atoms with Gasteiger partial charge in [-0.3, -0.25) is 0 Å². The summed E-state index contributed by atoms with van der Waals surface area (Å²) in [5.74, 6) is 0. The quantitative estimate of drug-likeness (QED) is 0.832. The lowest BCUT2D eigenvalue weighted by molar-refractivity contribution is 0.111. The Morgan fingerprint density at radius 2 is 2.38 bits per heavy atom. The summed E-state index contributed by atoms with van der Waals surface area (Å²) in [5.41, 5.74) is 8.51. The number of imidazole rings is 1. The molecule has 2 aromatic heterocycles. The van der Waals surface area contributed by atoms with Crippen LogP contribution in [0.1, 0.15) is 18.5 Å². The number of hydrogen-bond acceptors (Lipinski definition) is 3. The molecule has 16 heavy (non-hydrogen) atoms. The molecule has 0 bridgehead atoms. The topological polar surface area (TPSA) is 52.5 Å². The Kier molecular flexibility index (Phi) is 2.29. The van der Waals surface area contributed by atoms with Crippen LogP contribution in [0, 0.1) is 0 Å². The van der Waals surface area contributed by atoms with Crippen molar-refractivity contribution in [3.05, 3.63) is 30.2 Å². The third-order valence-electron chi connectivity index (χ3n) is 2.98. The molecule has 0 spiro atoms. The number of nitrogens with zero attached hydrogens (tertiary/aromatic N) is 2. The van der Waals surface area contributed by atoms with Gasteiger partial charge in [-0.1, -0.05) is 0 Å². The number of anilines is 1. The molecule has 2 aromatic rings. The molecule has 3 heterocycles. The van der Waals surface area contributed by atoms with Gasteiger partial charge in [-0.05, 0) is 25.0 Å². The molecule has 1 atom stereocenters. The second kappa shape index (κ2) is 3.79. The van der Waals surface area contributed by atoms with Gasteiger partial charge in [0.15, 0.2) is 0 Å². The van der Waals surface area contributed by atoms with Crippen LogP contribution in [-0.4, -0.2) is 22.1 Å². The second-order valence-corrected chi connectivity index (χ2v) is 4.30. The Morgan fingerprint density at radius 3 is 3.19 bits per heavy atom. The molecule has 0 aromatic carbocycles. The van der Waals surface area contributed by atoms with Gasteiger partial charge in [-0.25, -0.2) is 4.98 Å². The summed E-state index contributed by atoms with van der Waals surface area (Å²) in [6.45, 7) is 0.894. The summed E-state index contributed by atoms with van der Waals surface area (Å²) in [7, 11) is 0. The highest BCUT2D eigenvalue weighted by molar-refractivity contribution is 5.48. The SMILES string of the molecule is Nc1ccc2nc(CC3CCCO3)cn2c1. The summed E-state index contributed by atoms with van der Waals surface area (Å²) in [6, 6.07) is 3.81. The van der Waals surface area contributed by atoms with Crippen molar-refractivity contribution < 1.29 is 4.74 Å². The molecule has 1 unspecified atom stereocenters. The fourth-order valence-corrected chi connectivity index (χ4v) is 2.20. The summed E-state index contributed by atoms with van der Waals surface area (Å²) < 4.78 is 7.57. The third kappa shape index (κ3) is 1.76. The number of hydrogen-bond donors (Lipinski definition) is 1. The molecular weight excluding hydrogens is 202 g/mol. The van der Waals surface area contributed by atoms with E-state index in [4.69, 9.17) is 10.5 Å². The van der Waals surface area contributed by atoms with Crippen LogP contribution >= 0.6 is 0 Å². The van der Waals surface area contributed by atoms with Crippen molar-refractivity contribution >= 4 is 11.3 Å². The fourth-order valence-electron chi connectivity index (χ4n) is 2.20. The van der Waals surface area contributed by atoms with Gasteiger partial charge in [0.05, 0.1) is 11.8 Å². The molecule has 1 aliphatic rings. The maximum absolute atomic E-state index is 5.72. The average Bonchev–Trinajstić information content (AvgIpc) is 2.86. The molecule has 3 rings (SSSR count). The average molecular weight is 217 g/mol. The van der Waals surface area contributed by atoms with Crippen LogP contribution in [0.15, 0.2) is 24.5 Å². The maximum atomic E-state index is 5.72. The molecule has 84 valence electrons. The Balaban J connectivity index is 1.86. The normalized spacial score (nSPS) is 20.6. The van der Waals surface area contributed by atoms with Gasteiger partial charge in [-0.15, -0.1) is 0 Å². The second-order valence-electron chi connectivity index (χ2n) is 4.30. The van der Waals surface area contributed by atoms with Crippen molar-refractivity contribution in [3.8, 4) is 0 Å². The summed E-state index contributed by atoms with van der Waals surface area (Å²) in [6.07, 6.45) is 7.50. The van der Waals surface area contributed by atoms with E-state index in [1.807, 2.05) is 28.9 Å². The molecule has 0 saturated carbocycles. The van der Waals surface area contributed by atoms with E-state index in [1.165, 1.54) is 6.42 Å². The zero-order chi connectivity index (χ0) is 11.0. The molecule has 1 fully saturated rings. The highest BCUT2D eigenvalue weighted by Gasteiger charge is 2.17. The molecule has 2 N–H and O–H groups in total. The number of nitrogen functional groups attached to an aromatic ring is 1. The van der Waals surface area contributed by atoms with E-state index in [-0.39, 0.29) is 0 Å². The van der Waals surface area contributed by atoms with E-state index in [9.17, 15) is 0 Å². The van der Waals surface area contributed by atoms with Crippen molar-refractivity contribution in [2.45, 2.75) is 25.4 Å². The van der Waals surface area contributed by atoms with E-state index in [0.29, 0.717) is 6.10 Å². The molecule has 0 amide bonds. The molecule has 4 heteroatoms. The lowest BCUT2D eigenvalue weighted by Crippen LogP contribution is -2.08.